The smallest absolute Gasteiger partial charge is 0.306 e. The Hall–Kier alpha value is -1.22. The van der Waals surface area contributed by atoms with Crippen LogP contribution in [0.4, 0.5) is 0 Å². The van der Waals surface area contributed by atoms with Gasteiger partial charge in [0.25, 0.3) is 0 Å². The van der Waals surface area contributed by atoms with Crippen molar-refractivity contribution in [2.45, 2.75) is 258 Å². The molecule has 0 aromatic rings. The second kappa shape index (κ2) is 49.8. The van der Waals surface area contributed by atoms with Gasteiger partial charge in [0.05, 0.1) is 19.8 Å². The highest BCUT2D eigenvalue weighted by atomic mass is 16.5. The molecular weight excluding hydrogens is 761 g/mol. The van der Waals surface area contributed by atoms with Crippen LogP contribution in [0.5, 0.6) is 0 Å². The highest BCUT2D eigenvalue weighted by Crippen LogP contribution is 2.19. The lowest BCUT2D eigenvalue weighted by Gasteiger charge is -2.26. The molecule has 0 amide bonds. The van der Waals surface area contributed by atoms with E-state index in [1.807, 2.05) is 0 Å². The zero-order chi connectivity index (χ0) is 44.5. The Kier molecular flexibility index (Phi) is 48.8. The number of carbonyl (C=O) groups is 2. The third-order valence-corrected chi connectivity index (χ3v) is 12.5. The minimum absolute atomic E-state index is 0.0121. The van der Waals surface area contributed by atoms with E-state index >= 15 is 0 Å². The molecule has 0 spiro atoms. The van der Waals surface area contributed by atoms with Crippen LogP contribution in [0.3, 0.4) is 0 Å². The van der Waals surface area contributed by atoms with Crippen molar-refractivity contribution in [1.82, 2.24) is 9.80 Å². The molecule has 0 aliphatic rings. The van der Waals surface area contributed by atoms with Crippen molar-refractivity contribution in [1.29, 1.82) is 0 Å². The molecule has 0 N–H and O–H groups in total. The van der Waals surface area contributed by atoms with Crippen LogP contribution in [0.2, 0.25) is 0 Å². The Bertz CT molecular complexity index is 867. The highest BCUT2D eigenvalue weighted by molar-refractivity contribution is 5.69. The number of unbranched alkanes of at least 4 members (excludes halogenated alkanes) is 26. The van der Waals surface area contributed by atoms with Crippen LogP contribution < -0.4 is 0 Å². The molecule has 0 bridgehead atoms. The molecule has 0 unspecified atom stereocenters. The minimum atomic E-state index is -0.0121. The number of ether oxygens (including phenoxy) is 4. The molecule has 0 heterocycles. The largest absolute Gasteiger partial charge is 0.466 e. The van der Waals surface area contributed by atoms with Gasteiger partial charge in [0.2, 0.25) is 0 Å². The average molecular weight is 867 g/mol. The predicted molar refractivity (Wildman–Crippen MR) is 261 cm³/mol. The summed E-state index contributed by atoms with van der Waals surface area (Å²) in [6.07, 6.45) is 42.7. The van der Waals surface area contributed by atoms with Gasteiger partial charge in [0.1, 0.15) is 6.10 Å². The average Bonchev–Trinajstić information content (AvgIpc) is 3.26. The number of rotatable bonds is 51. The first kappa shape index (κ1) is 59.8. The van der Waals surface area contributed by atoms with Crippen molar-refractivity contribution in [2.24, 2.45) is 0 Å². The number of nitrogens with zero attached hydrogens (tertiary/aromatic N) is 2. The van der Waals surface area contributed by atoms with Crippen LogP contribution in [0.25, 0.3) is 0 Å². The van der Waals surface area contributed by atoms with Crippen molar-refractivity contribution in [3.05, 3.63) is 0 Å². The van der Waals surface area contributed by atoms with E-state index in [0.717, 1.165) is 104 Å². The molecule has 364 valence electrons. The summed E-state index contributed by atoms with van der Waals surface area (Å²) in [6, 6.07) is 0. The van der Waals surface area contributed by atoms with Gasteiger partial charge in [0.15, 0.2) is 0 Å². The third kappa shape index (κ3) is 45.2. The maximum atomic E-state index is 12.9. The lowest BCUT2D eigenvalue weighted by atomic mass is 10.0. The fourth-order valence-electron chi connectivity index (χ4n) is 8.38. The Labute approximate surface area is 380 Å². The van der Waals surface area contributed by atoms with Crippen molar-refractivity contribution in [3.8, 4) is 0 Å². The summed E-state index contributed by atoms with van der Waals surface area (Å²) >= 11 is 0. The van der Waals surface area contributed by atoms with Gasteiger partial charge in [-0.1, -0.05) is 175 Å². The van der Waals surface area contributed by atoms with Crippen molar-refractivity contribution < 1.29 is 28.5 Å². The van der Waals surface area contributed by atoms with E-state index in [0.29, 0.717) is 19.4 Å². The second-order valence-electron chi connectivity index (χ2n) is 18.3. The fourth-order valence-corrected chi connectivity index (χ4v) is 8.38. The zero-order valence-corrected chi connectivity index (χ0v) is 41.7. The molecule has 8 heteroatoms. The molecule has 0 aromatic heterocycles. The number of methoxy groups -OCH3 is 2. The van der Waals surface area contributed by atoms with Crippen molar-refractivity contribution in [3.63, 3.8) is 0 Å². The van der Waals surface area contributed by atoms with Gasteiger partial charge in [0, 0.05) is 40.2 Å². The molecular formula is C53H106N2O6. The second-order valence-corrected chi connectivity index (χ2v) is 18.3. The van der Waals surface area contributed by atoms with E-state index in [1.165, 1.54) is 167 Å². The first-order chi connectivity index (χ1) is 30.0. The van der Waals surface area contributed by atoms with E-state index in [-0.39, 0.29) is 18.0 Å². The van der Waals surface area contributed by atoms with Crippen LogP contribution in [0.1, 0.15) is 252 Å². The summed E-state index contributed by atoms with van der Waals surface area (Å²) in [4.78, 5) is 30.3. The number of hydrogen-bond acceptors (Lipinski definition) is 8. The van der Waals surface area contributed by atoms with Crippen LogP contribution in [0.15, 0.2) is 0 Å². The summed E-state index contributed by atoms with van der Waals surface area (Å²) in [7, 11) is 3.55. The molecule has 0 saturated carbocycles. The molecule has 0 fully saturated rings. The van der Waals surface area contributed by atoms with E-state index in [9.17, 15) is 9.59 Å². The van der Waals surface area contributed by atoms with E-state index in [4.69, 9.17) is 18.9 Å². The van der Waals surface area contributed by atoms with Crippen molar-refractivity contribution in [2.75, 3.05) is 73.3 Å². The van der Waals surface area contributed by atoms with Crippen LogP contribution in [-0.4, -0.2) is 101 Å². The normalized spacial score (nSPS) is 11.7. The monoisotopic (exact) mass is 867 g/mol. The van der Waals surface area contributed by atoms with E-state index < -0.39 is 0 Å². The van der Waals surface area contributed by atoms with Gasteiger partial charge in [-0.15, -0.1) is 0 Å². The summed E-state index contributed by atoms with van der Waals surface area (Å²) in [6.45, 7) is 15.2. The topological polar surface area (TPSA) is 77.5 Å². The van der Waals surface area contributed by atoms with Gasteiger partial charge in [-0.25, -0.2) is 0 Å². The third-order valence-electron chi connectivity index (χ3n) is 12.5. The predicted octanol–water partition coefficient (Wildman–Crippen LogP) is 14.4. The lowest BCUT2D eigenvalue weighted by Crippen LogP contribution is -2.34. The molecule has 0 aliphatic heterocycles. The minimum Gasteiger partial charge on any atom is -0.466 e. The quantitative estimate of drug-likeness (QED) is 0.0442. The Balaban J connectivity index is 4.51. The Morgan fingerprint density at radius 2 is 0.705 bits per heavy atom. The summed E-state index contributed by atoms with van der Waals surface area (Å²) in [5.41, 5.74) is 0. The summed E-state index contributed by atoms with van der Waals surface area (Å²) in [5.74, 6) is 0.0180. The number of hydrogen-bond donors (Lipinski definition) is 0. The van der Waals surface area contributed by atoms with Gasteiger partial charge < -0.3 is 23.8 Å². The fraction of sp³-hybridized carbons (Fsp3) is 0.962. The van der Waals surface area contributed by atoms with Crippen LogP contribution >= 0.6 is 0 Å². The summed E-state index contributed by atoms with van der Waals surface area (Å²) < 4.78 is 22.3. The summed E-state index contributed by atoms with van der Waals surface area (Å²) in [5, 5.41) is 0. The van der Waals surface area contributed by atoms with E-state index in [2.05, 4.69) is 30.6 Å². The van der Waals surface area contributed by atoms with Gasteiger partial charge in [-0.05, 0) is 90.4 Å². The number of esters is 2. The molecule has 0 rings (SSSR count). The Morgan fingerprint density at radius 1 is 0.361 bits per heavy atom. The molecule has 0 radical (unpaired) electrons. The van der Waals surface area contributed by atoms with Crippen LogP contribution in [0, 0.1) is 0 Å². The molecule has 0 saturated heterocycles. The maximum Gasteiger partial charge on any atom is 0.306 e. The first-order valence-electron chi connectivity index (χ1n) is 26.8. The van der Waals surface area contributed by atoms with Gasteiger partial charge >= 0.3 is 11.9 Å². The standard InChI is InChI=1S/C53H106N2O6/c1-6-9-12-15-18-19-20-29-36-48-60-52(56)40-32-25-21-27-34-42-54(44-37-45-55(46-49-58-4)47-50-59-5)43-35-28-22-26-33-41-53(57)61-51(38-30-23-16-13-10-7-2)39-31-24-17-14-11-8-3/h51H,6-50H2,1-5H3. The number of carbonyl (C=O) groups excluding carboxylic acids is 2. The first-order valence-corrected chi connectivity index (χ1v) is 26.8. The molecule has 8 nitrogen and oxygen atoms in total. The zero-order valence-electron chi connectivity index (χ0n) is 41.7. The molecule has 0 atom stereocenters. The van der Waals surface area contributed by atoms with Crippen molar-refractivity contribution >= 4 is 11.9 Å². The molecule has 0 aromatic carbocycles. The van der Waals surface area contributed by atoms with Crippen LogP contribution in [-0.2, 0) is 28.5 Å². The van der Waals surface area contributed by atoms with Gasteiger partial charge in [-0.2, -0.15) is 0 Å². The highest BCUT2D eigenvalue weighted by Gasteiger charge is 2.15. The SMILES string of the molecule is CCCCCCCCCCCOC(=O)CCCCCCCN(CCCCCCCC(=O)OC(CCCCCCCC)CCCCCCCC)CCCN(CCOC)CCOC. The molecule has 61 heavy (non-hydrogen) atoms. The maximum absolute atomic E-state index is 12.9. The Morgan fingerprint density at radius 3 is 1.15 bits per heavy atom. The lowest BCUT2D eigenvalue weighted by molar-refractivity contribution is -0.150. The van der Waals surface area contributed by atoms with E-state index in [1.54, 1.807) is 14.2 Å². The molecule has 0 aliphatic carbocycles. The van der Waals surface area contributed by atoms with Gasteiger partial charge in [-0.3, -0.25) is 14.5 Å².